The Morgan fingerprint density at radius 3 is 1.97 bits per heavy atom. The second kappa shape index (κ2) is 13.2. The van der Waals surface area contributed by atoms with Gasteiger partial charge in [0.05, 0.1) is 5.92 Å². The molecule has 0 aromatic carbocycles. The van der Waals surface area contributed by atoms with Gasteiger partial charge < -0.3 is 14.4 Å². The zero-order chi connectivity index (χ0) is 25.1. The summed E-state index contributed by atoms with van der Waals surface area (Å²) < 4.78 is 11.5. The van der Waals surface area contributed by atoms with Crippen molar-refractivity contribution < 1.29 is 19.1 Å². The van der Waals surface area contributed by atoms with E-state index >= 15 is 0 Å². The van der Waals surface area contributed by atoms with E-state index in [2.05, 4.69) is 22.1 Å². The Morgan fingerprint density at radius 1 is 0.971 bits per heavy atom. The predicted molar refractivity (Wildman–Crippen MR) is 135 cm³/mol. The maximum atomic E-state index is 13.0. The van der Waals surface area contributed by atoms with E-state index in [1.54, 1.807) is 17.3 Å². The molecule has 35 heavy (non-hydrogen) atoms. The lowest BCUT2D eigenvalue weighted by atomic mass is 9.96. The number of esters is 1. The average molecular weight is 482 g/mol. The number of rotatable bonds is 10. The number of hydrogen-bond donors (Lipinski definition) is 0. The first-order valence-electron chi connectivity index (χ1n) is 12.8. The molecule has 0 bridgehead atoms. The largest absolute Gasteiger partial charge is 0.462 e. The number of aromatic nitrogens is 2. The van der Waals surface area contributed by atoms with E-state index < -0.39 is 5.60 Å². The van der Waals surface area contributed by atoms with Crippen molar-refractivity contribution in [3.8, 4) is 0 Å². The molecule has 2 aromatic heterocycles. The highest BCUT2D eigenvalue weighted by molar-refractivity contribution is 5.74. The van der Waals surface area contributed by atoms with Crippen molar-refractivity contribution in [1.82, 2.24) is 14.9 Å². The third-order valence-corrected chi connectivity index (χ3v) is 6.19. The summed E-state index contributed by atoms with van der Waals surface area (Å²) in [4.78, 5) is 35.4. The van der Waals surface area contributed by atoms with Gasteiger partial charge in [0.25, 0.3) is 0 Å². The van der Waals surface area contributed by atoms with Crippen LogP contribution in [0.15, 0.2) is 49.1 Å². The lowest BCUT2D eigenvalue weighted by Gasteiger charge is -2.33. The molecule has 7 heteroatoms. The second-order valence-electron chi connectivity index (χ2n) is 10.3. The summed E-state index contributed by atoms with van der Waals surface area (Å²) in [5.74, 6) is -0.311. The summed E-state index contributed by atoms with van der Waals surface area (Å²) in [5.41, 5.74) is 1.87. The maximum Gasteiger partial charge on any atom is 0.410 e. The zero-order valence-electron chi connectivity index (χ0n) is 21.3. The fourth-order valence-electron chi connectivity index (χ4n) is 4.31. The summed E-state index contributed by atoms with van der Waals surface area (Å²) in [5, 5.41) is 0. The van der Waals surface area contributed by atoms with Crippen LogP contribution in [0.3, 0.4) is 0 Å². The fourth-order valence-corrected chi connectivity index (χ4v) is 4.31. The van der Waals surface area contributed by atoms with Crippen molar-refractivity contribution in [3.05, 3.63) is 60.2 Å². The molecule has 0 spiro atoms. The molecule has 0 N–H and O–H groups in total. The van der Waals surface area contributed by atoms with E-state index in [-0.39, 0.29) is 24.1 Å². The van der Waals surface area contributed by atoms with Crippen LogP contribution in [-0.2, 0) is 27.1 Å². The van der Waals surface area contributed by atoms with Crippen LogP contribution in [0.25, 0.3) is 0 Å². The van der Waals surface area contributed by atoms with Gasteiger partial charge in [0.15, 0.2) is 0 Å². The molecular weight excluding hydrogens is 442 g/mol. The van der Waals surface area contributed by atoms with E-state index in [1.807, 2.05) is 45.3 Å². The minimum Gasteiger partial charge on any atom is -0.462 e. The topological polar surface area (TPSA) is 81.6 Å². The first-order valence-corrected chi connectivity index (χ1v) is 12.8. The van der Waals surface area contributed by atoms with Gasteiger partial charge in [-0.25, -0.2) is 4.79 Å². The second-order valence-corrected chi connectivity index (χ2v) is 10.3. The lowest BCUT2D eigenvalue weighted by Crippen LogP contribution is -2.43. The van der Waals surface area contributed by atoms with Gasteiger partial charge in [-0.05, 0) is 95.4 Å². The Kier molecular flexibility index (Phi) is 10.1. The first-order chi connectivity index (χ1) is 16.8. The molecule has 1 fully saturated rings. The molecule has 1 aliphatic heterocycles. The van der Waals surface area contributed by atoms with Gasteiger partial charge >= 0.3 is 12.1 Å². The molecule has 1 aliphatic rings. The van der Waals surface area contributed by atoms with Crippen LogP contribution >= 0.6 is 0 Å². The standard InChI is InChI=1S/C28H39N3O4/c1-28(2,3)35-27(33)31-18-14-24(15-19-31)26(32)34-25(12-4-8-22-10-6-16-29-20-22)13-5-9-23-11-7-17-30-21-23/h6-7,10-11,16-17,20-21,24-25H,4-5,8-9,12-15,18-19H2,1-3H3. The van der Waals surface area contributed by atoms with E-state index in [0.29, 0.717) is 25.9 Å². The number of hydrogen-bond acceptors (Lipinski definition) is 6. The Balaban J connectivity index is 1.49. The Hall–Kier alpha value is -2.96. The number of likely N-dealkylation sites (tertiary alicyclic amines) is 1. The molecular formula is C28H39N3O4. The number of ether oxygens (including phenoxy) is 2. The molecule has 0 radical (unpaired) electrons. The monoisotopic (exact) mass is 481 g/mol. The minimum absolute atomic E-state index is 0.111. The third-order valence-electron chi connectivity index (χ3n) is 6.19. The fraction of sp³-hybridized carbons (Fsp3) is 0.571. The van der Waals surface area contributed by atoms with Crippen LogP contribution < -0.4 is 0 Å². The van der Waals surface area contributed by atoms with Crippen molar-refractivity contribution in [2.24, 2.45) is 5.92 Å². The van der Waals surface area contributed by atoms with E-state index in [0.717, 1.165) is 38.5 Å². The van der Waals surface area contributed by atoms with Crippen molar-refractivity contribution in [2.45, 2.75) is 83.8 Å². The predicted octanol–water partition coefficient (Wildman–Crippen LogP) is 5.38. The van der Waals surface area contributed by atoms with Crippen molar-refractivity contribution >= 4 is 12.1 Å². The van der Waals surface area contributed by atoms with E-state index in [1.165, 1.54) is 11.1 Å². The highest BCUT2D eigenvalue weighted by atomic mass is 16.6. The van der Waals surface area contributed by atoms with Crippen LogP contribution in [0.4, 0.5) is 4.79 Å². The summed E-state index contributed by atoms with van der Waals surface area (Å²) in [6.45, 7) is 6.61. The molecule has 0 aliphatic carbocycles. The van der Waals surface area contributed by atoms with Gasteiger partial charge in [-0.2, -0.15) is 0 Å². The number of aryl methyl sites for hydroxylation is 2. The van der Waals surface area contributed by atoms with Crippen molar-refractivity contribution in [2.75, 3.05) is 13.1 Å². The first kappa shape index (κ1) is 26.6. The minimum atomic E-state index is -0.522. The SMILES string of the molecule is CC(C)(C)OC(=O)N1CCC(C(=O)OC(CCCc2cccnc2)CCCc2cccnc2)CC1. The van der Waals surface area contributed by atoms with Gasteiger partial charge in [-0.3, -0.25) is 14.8 Å². The Labute approximate surface area is 209 Å². The number of carbonyl (C=O) groups excluding carboxylic acids is 2. The van der Waals surface area contributed by atoms with Crippen LogP contribution in [0, 0.1) is 5.92 Å². The molecule has 1 saturated heterocycles. The van der Waals surface area contributed by atoms with E-state index in [4.69, 9.17) is 9.47 Å². The number of pyridine rings is 2. The Morgan fingerprint density at radius 2 is 1.51 bits per heavy atom. The normalized spacial score (nSPS) is 14.7. The van der Waals surface area contributed by atoms with Crippen molar-refractivity contribution in [1.29, 1.82) is 0 Å². The van der Waals surface area contributed by atoms with Crippen LogP contribution in [-0.4, -0.2) is 51.7 Å². The van der Waals surface area contributed by atoms with Gasteiger partial charge in [0.2, 0.25) is 0 Å². The lowest BCUT2D eigenvalue weighted by molar-refractivity contribution is -0.156. The molecule has 1 amide bonds. The van der Waals surface area contributed by atoms with E-state index in [9.17, 15) is 9.59 Å². The number of carbonyl (C=O) groups is 2. The number of piperidine rings is 1. The highest BCUT2D eigenvalue weighted by Gasteiger charge is 2.31. The summed E-state index contributed by atoms with van der Waals surface area (Å²) >= 11 is 0. The summed E-state index contributed by atoms with van der Waals surface area (Å²) in [6, 6.07) is 8.05. The van der Waals surface area contributed by atoms with Crippen LogP contribution in [0.2, 0.25) is 0 Å². The quantitative estimate of drug-likeness (QED) is 0.424. The van der Waals surface area contributed by atoms with Gasteiger partial charge in [-0.1, -0.05) is 12.1 Å². The highest BCUT2D eigenvalue weighted by Crippen LogP contribution is 2.23. The third kappa shape index (κ3) is 9.67. The van der Waals surface area contributed by atoms with Crippen LogP contribution in [0.1, 0.15) is 70.4 Å². The average Bonchev–Trinajstić information content (AvgIpc) is 2.84. The molecule has 0 unspecified atom stereocenters. The molecule has 2 aromatic rings. The molecule has 7 nitrogen and oxygen atoms in total. The molecule has 190 valence electrons. The van der Waals surface area contributed by atoms with Gasteiger partial charge in [0, 0.05) is 37.9 Å². The molecule has 3 rings (SSSR count). The zero-order valence-corrected chi connectivity index (χ0v) is 21.3. The smallest absolute Gasteiger partial charge is 0.410 e. The molecule has 3 heterocycles. The molecule has 0 atom stereocenters. The van der Waals surface area contributed by atoms with Gasteiger partial charge in [-0.15, -0.1) is 0 Å². The Bertz CT molecular complexity index is 861. The maximum absolute atomic E-state index is 13.0. The van der Waals surface area contributed by atoms with Crippen molar-refractivity contribution in [3.63, 3.8) is 0 Å². The summed E-state index contributed by atoms with van der Waals surface area (Å²) in [6.07, 6.45) is 13.5. The van der Waals surface area contributed by atoms with Gasteiger partial charge in [0.1, 0.15) is 11.7 Å². The summed E-state index contributed by atoms with van der Waals surface area (Å²) in [7, 11) is 0. The van der Waals surface area contributed by atoms with Crippen LogP contribution in [0.5, 0.6) is 0 Å². The number of amides is 1. The number of nitrogens with zero attached hydrogens (tertiary/aromatic N) is 3. The molecule has 0 saturated carbocycles.